The molecule has 172 valence electrons. The zero-order valence-electron chi connectivity index (χ0n) is 19.0. The summed E-state index contributed by atoms with van der Waals surface area (Å²) in [6.07, 6.45) is 2.07. The van der Waals surface area contributed by atoms with Gasteiger partial charge in [-0.05, 0) is 66.9 Å². The molecule has 5 nitrogen and oxygen atoms in total. The Balaban J connectivity index is 1.18. The lowest BCUT2D eigenvalue weighted by Gasteiger charge is -2.22. The number of carbonyl (C=O) groups is 1. The first-order chi connectivity index (χ1) is 16.2. The molecule has 0 aromatic heterocycles. The smallest absolute Gasteiger partial charge is 0.335 e. The molecule has 0 aliphatic carbocycles. The van der Waals surface area contributed by atoms with E-state index in [9.17, 15) is 4.79 Å². The van der Waals surface area contributed by atoms with Gasteiger partial charge in [0.15, 0.2) is 0 Å². The predicted octanol–water partition coefficient (Wildman–Crippen LogP) is 4.56. The van der Waals surface area contributed by atoms with Crippen molar-refractivity contribution in [3.05, 3.63) is 101 Å². The zero-order valence-corrected chi connectivity index (χ0v) is 19.0. The summed E-state index contributed by atoms with van der Waals surface area (Å²) in [7, 11) is 0. The van der Waals surface area contributed by atoms with Crippen molar-refractivity contribution >= 4 is 5.97 Å². The molecule has 1 saturated heterocycles. The average molecular weight is 445 g/mol. The van der Waals surface area contributed by atoms with Crippen molar-refractivity contribution in [2.45, 2.75) is 19.4 Å². The van der Waals surface area contributed by atoms with Gasteiger partial charge in [-0.2, -0.15) is 0 Å². The minimum Gasteiger partial charge on any atom is -0.492 e. The normalized spacial score (nSPS) is 15.2. The van der Waals surface area contributed by atoms with Gasteiger partial charge in [-0.3, -0.25) is 9.80 Å². The minimum absolute atomic E-state index is 0.339. The minimum atomic E-state index is -0.877. The number of nitrogens with zero attached hydrogens (tertiary/aromatic N) is 2. The van der Waals surface area contributed by atoms with Crippen molar-refractivity contribution in [2.24, 2.45) is 0 Å². The maximum Gasteiger partial charge on any atom is 0.335 e. The first-order valence-corrected chi connectivity index (χ1v) is 11.7. The number of aromatic carboxylic acids is 1. The van der Waals surface area contributed by atoms with Crippen LogP contribution >= 0.6 is 0 Å². The molecule has 0 saturated carbocycles. The number of benzene rings is 3. The van der Waals surface area contributed by atoms with Crippen molar-refractivity contribution < 1.29 is 14.6 Å². The van der Waals surface area contributed by atoms with E-state index in [1.807, 2.05) is 18.2 Å². The van der Waals surface area contributed by atoms with Crippen molar-refractivity contribution in [2.75, 3.05) is 39.3 Å². The second-order valence-corrected chi connectivity index (χ2v) is 8.63. The van der Waals surface area contributed by atoms with E-state index in [1.165, 1.54) is 11.1 Å². The van der Waals surface area contributed by atoms with Crippen LogP contribution in [0.25, 0.3) is 0 Å². The van der Waals surface area contributed by atoms with Crippen LogP contribution in [0.5, 0.6) is 5.75 Å². The predicted molar refractivity (Wildman–Crippen MR) is 131 cm³/mol. The third kappa shape index (κ3) is 7.17. The van der Waals surface area contributed by atoms with Crippen LogP contribution in [0.3, 0.4) is 0 Å². The highest BCUT2D eigenvalue weighted by Crippen LogP contribution is 2.16. The Hall–Kier alpha value is -3.15. The summed E-state index contributed by atoms with van der Waals surface area (Å²) in [5.41, 5.74) is 4.11. The first-order valence-electron chi connectivity index (χ1n) is 11.7. The molecule has 1 heterocycles. The van der Waals surface area contributed by atoms with Gasteiger partial charge in [0, 0.05) is 26.2 Å². The van der Waals surface area contributed by atoms with E-state index >= 15 is 0 Å². The van der Waals surface area contributed by atoms with Crippen LogP contribution in [0.2, 0.25) is 0 Å². The van der Waals surface area contributed by atoms with E-state index in [0.29, 0.717) is 12.2 Å². The highest BCUT2D eigenvalue weighted by atomic mass is 16.5. The third-order valence-electron chi connectivity index (χ3n) is 6.14. The fourth-order valence-corrected chi connectivity index (χ4v) is 4.24. The number of rotatable bonds is 9. The summed E-state index contributed by atoms with van der Waals surface area (Å²) < 4.78 is 6.00. The van der Waals surface area contributed by atoms with Gasteiger partial charge < -0.3 is 9.84 Å². The maximum atomic E-state index is 11.0. The number of hydrogen-bond acceptors (Lipinski definition) is 4. The standard InChI is InChI=1S/C28H32N2O3/c31-28(32)26-11-7-25(8-12-26)22-30-16-4-15-29(17-18-30)19-20-33-27-13-9-24(10-14-27)21-23-5-2-1-3-6-23/h1-3,5-14H,4,15-22H2,(H,31,32). The van der Waals surface area contributed by atoms with Crippen LogP contribution in [-0.4, -0.2) is 60.2 Å². The van der Waals surface area contributed by atoms with Crippen molar-refractivity contribution in [3.63, 3.8) is 0 Å². The highest BCUT2D eigenvalue weighted by molar-refractivity contribution is 5.87. The van der Waals surface area contributed by atoms with Crippen molar-refractivity contribution in [1.29, 1.82) is 0 Å². The number of carboxylic acid groups (broad SMARTS) is 1. The molecular weight excluding hydrogens is 412 g/mol. The molecule has 0 atom stereocenters. The van der Waals surface area contributed by atoms with Crippen molar-refractivity contribution in [3.8, 4) is 5.75 Å². The zero-order chi connectivity index (χ0) is 22.9. The fraction of sp³-hybridized carbons (Fsp3) is 0.321. The van der Waals surface area contributed by atoms with E-state index in [4.69, 9.17) is 9.84 Å². The summed E-state index contributed by atoms with van der Waals surface area (Å²) >= 11 is 0. The molecule has 1 aliphatic rings. The van der Waals surface area contributed by atoms with E-state index in [-0.39, 0.29) is 0 Å². The van der Waals surface area contributed by atoms with Crippen LogP contribution in [0.15, 0.2) is 78.9 Å². The Labute approximate surface area is 196 Å². The van der Waals surface area contributed by atoms with Crippen LogP contribution < -0.4 is 4.74 Å². The average Bonchev–Trinajstić information content (AvgIpc) is 3.06. The summed E-state index contributed by atoms with van der Waals surface area (Å²) in [5, 5.41) is 9.05. The molecule has 5 heteroatoms. The summed E-state index contributed by atoms with van der Waals surface area (Å²) in [6, 6.07) is 26.2. The highest BCUT2D eigenvalue weighted by Gasteiger charge is 2.15. The van der Waals surface area contributed by atoms with Gasteiger partial charge in [-0.15, -0.1) is 0 Å². The summed E-state index contributed by atoms with van der Waals surface area (Å²) in [6.45, 7) is 6.64. The quantitative estimate of drug-likeness (QED) is 0.524. The molecule has 4 rings (SSSR count). The van der Waals surface area contributed by atoms with E-state index in [0.717, 1.165) is 63.4 Å². The second kappa shape index (κ2) is 11.6. The van der Waals surface area contributed by atoms with E-state index < -0.39 is 5.97 Å². The number of ether oxygens (including phenoxy) is 1. The van der Waals surface area contributed by atoms with Gasteiger partial charge in [-0.1, -0.05) is 54.6 Å². The lowest BCUT2D eigenvalue weighted by atomic mass is 10.1. The molecule has 0 unspecified atom stereocenters. The second-order valence-electron chi connectivity index (χ2n) is 8.63. The molecule has 3 aromatic rings. The molecule has 1 fully saturated rings. The Morgan fingerprint density at radius 2 is 1.39 bits per heavy atom. The van der Waals surface area contributed by atoms with Gasteiger partial charge >= 0.3 is 5.97 Å². The van der Waals surface area contributed by atoms with Crippen LogP contribution in [0.4, 0.5) is 0 Å². The number of hydrogen-bond donors (Lipinski definition) is 1. The molecule has 1 N–H and O–H groups in total. The van der Waals surface area contributed by atoms with Crippen molar-refractivity contribution in [1.82, 2.24) is 9.80 Å². The van der Waals surface area contributed by atoms with Gasteiger partial charge in [0.1, 0.15) is 12.4 Å². The fourth-order valence-electron chi connectivity index (χ4n) is 4.24. The molecule has 33 heavy (non-hydrogen) atoms. The first kappa shape index (κ1) is 23.0. The molecule has 0 bridgehead atoms. The molecule has 3 aromatic carbocycles. The molecule has 0 spiro atoms. The molecule has 0 radical (unpaired) electrons. The Kier molecular flexibility index (Phi) is 8.12. The van der Waals surface area contributed by atoms with Gasteiger partial charge in [0.2, 0.25) is 0 Å². The Bertz CT molecular complexity index is 1000. The summed E-state index contributed by atoms with van der Waals surface area (Å²) in [5.74, 6) is 0.0466. The topological polar surface area (TPSA) is 53.0 Å². The SMILES string of the molecule is O=C(O)c1ccc(CN2CCCN(CCOc3ccc(Cc4ccccc4)cc3)CC2)cc1. The third-order valence-corrected chi connectivity index (χ3v) is 6.14. The lowest BCUT2D eigenvalue weighted by molar-refractivity contribution is 0.0697. The van der Waals surface area contributed by atoms with Crippen LogP contribution in [0.1, 0.15) is 33.5 Å². The Morgan fingerprint density at radius 3 is 2.12 bits per heavy atom. The van der Waals surface area contributed by atoms with Crippen LogP contribution in [0, 0.1) is 0 Å². The van der Waals surface area contributed by atoms with E-state index in [2.05, 4.69) is 58.3 Å². The Morgan fingerprint density at radius 1 is 0.758 bits per heavy atom. The van der Waals surface area contributed by atoms with Gasteiger partial charge in [-0.25, -0.2) is 4.79 Å². The van der Waals surface area contributed by atoms with Gasteiger partial charge in [0.05, 0.1) is 5.56 Å². The van der Waals surface area contributed by atoms with Gasteiger partial charge in [0.25, 0.3) is 0 Å². The summed E-state index contributed by atoms with van der Waals surface area (Å²) in [4.78, 5) is 15.9. The molecular formula is C28H32N2O3. The number of carboxylic acids is 1. The van der Waals surface area contributed by atoms with Crippen LogP contribution in [-0.2, 0) is 13.0 Å². The molecule has 0 amide bonds. The maximum absolute atomic E-state index is 11.0. The van der Waals surface area contributed by atoms with E-state index in [1.54, 1.807) is 12.1 Å². The largest absolute Gasteiger partial charge is 0.492 e. The monoisotopic (exact) mass is 444 g/mol. The molecule has 1 aliphatic heterocycles. The lowest BCUT2D eigenvalue weighted by Crippen LogP contribution is -2.33.